The molecule has 0 spiro atoms. The van der Waals surface area contributed by atoms with Crippen molar-refractivity contribution in [1.29, 1.82) is 0 Å². The Bertz CT molecular complexity index is 563. The minimum atomic E-state index is -0.550. The topological polar surface area (TPSA) is 76.7 Å². The lowest BCUT2D eigenvalue weighted by atomic mass is 10.0. The summed E-state index contributed by atoms with van der Waals surface area (Å²) in [5, 5.41) is 5.54. The summed E-state index contributed by atoms with van der Waals surface area (Å²) >= 11 is 0. The number of nitrogens with one attached hydrogen (secondary N) is 2. The lowest BCUT2D eigenvalue weighted by Crippen LogP contribution is -2.33. The van der Waals surface area contributed by atoms with Gasteiger partial charge in [-0.1, -0.05) is 19.9 Å². The molecule has 1 aromatic rings. The van der Waals surface area contributed by atoms with Crippen molar-refractivity contribution in [3.05, 3.63) is 24.3 Å². The van der Waals surface area contributed by atoms with Crippen LogP contribution in [0.5, 0.6) is 5.75 Å². The van der Waals surface area contributed by atoms with Crippen LogP contribution in [0.2, 0.25) is 0 Å². The predicted molar refractivity (Wildman–Crippen MR) is 98.9 cm³/mol. The van der Waals surface area contributed by atoms with Crippen molar-refractivity contribution in [2.75, 3.05) is 18.5 Å². The third kappa shape index (κ3) is 8.42. The van der Waals surface area contributed by atoms with Crippen LogP contribution < -0.4 is 15.4 Å². The van der Waals surface area contributed by atoms with Gasteiger partial charge in [-0.05, 0) is 45.7 Å². The Hall–Kier alpha value is -2.24. The van der Waals surface area contributed by atoms with E-state index in [1.54, 1.807) is 24.3 Å². The lowest BCUT2D eigenvalue weighted by molar-refractivity contribution is -0.125. The molecule has 0 saturated heterocycles. The highest BCUT2D eigenvalue weighted by Gasteiger charge is 2.16. The van der Waals surface area contributed by atoms with Crippen LogP contribution in [-0.4, -0.2) is 30.8 Å². The van der Waals surface area contributed by atoms with Crippen LogP contribution in [0.4, 0.5) is 10.5 Å². The SMILES string of the molecule is CCC(CC)C(=O)NCCOc1cccc(NC(=O)OC(C)(C)C)c1. The first-order valence-electron chi connectivity index (χ1n) is 8.75. The van der Waals surface area contributed by atoms with E-state index in [-0.39, 0.29) is 11.8 Å². The molecular formula is C19H30N2O4. The second kappa shape index (κ2) is 9.91. The number of rotatable bonds is 8. The van der Waals surface area contributed by atoms with Crippen LogP contribution >= 0.6 is 0 Å². The molecule has 0 aliphatic carbocycles. The van der Waals surface area contributed by atoms with Crippen molar-refractivity contribution in [3.8, 4) is 5.75 Å². The van der Waals surface area contributed by atoms with E-state index in [2.05, 4.69) is 10.6 Å². The van der Waals surface area contributed by atoms with Gasteiger partial charge in [-0.3, -0.25) is 10.1 Å². The van der Waals surface area contributed by atoms with Crippen LogP contribution in [-0.2, 0) is 9.53 Å². The van der Waals surface area contributed by atoms with E-state index < -0.39 is 11.7 Å². The molecule has 2 N–H and O–H groups in total. The first kappa shape index (κ1) is 20.8. The number of benzene rings is 1. The Labute approximate surface area is 150 Å². The van der Waals surface area contributed by atoms with Crippen LogP contribution in [0.25, 0.3) is 0 Å². The van der Waals surface area contributed by atoms with Crippen molar-refractivity contribution in [2.24, 2.45) is 5.92 Å². The van der Waals surface area contributed by atoms with Gasteiger partial charge in [0.15, 0.2) is 0 Å². The number of carbonyl (C=O) groups excluding carboxylic acids is 2. The molecule has 0 aliphatic heterocycles. The first-order chi connectivity index (χ1) is 11.7. The van der Waals surface area contributed by atoms with E-state index in [9.17, 15) is 9.59 Å². The highest BCUT2D eigenvalue weighted by molar-refractivity contribution is 5.85. The van der Waals surface area contributed by atoms with Crippen molar-refractivity contribution in [3.63, 3.8) is 0 Å². The van der Waals surface area contributed by atoms with Gasteiger partial charge in [-0.15, -0.1) is 0 Å². The fourth-order valence-corrected chi connectivity index (χ4v) is 2.23. The summed E-state index contributed by atoms with van der Waals surface area (Å²) < 4.78 is 10.8. The zero-order valence-electron chi connectivity index (χ0n) is 15.8. The Kier molecular flexibility index (Phi) is 8.25. The average Bonchev–Trinajstić information content (AvgIpc) is 2.51. The maximum Gasteiger partial charge on any atom is 0.412 e. The fraction of sp³-hybridized carbons (Fsp3) is 0.579. The minimum absolute atomic E-state index is 0.0568. The quantitative estimate of drug-likeness (QED) is 0.696. The molecule has 0 aromatic heterocycles. The van der Waals surface area contributed by atoms with Gasteiger partial charge in [0.05, 0.1) is 6.54 Å². The minimum Gasteiger partial charge on any atom is -0.492 e. The normalized spacial score (nSPS) is 11.1. The molecule has 0 bridgehead atoms. The number of ether oxygens (including phenoxy) is 2. The lowest BCUT2D eigenvalue weighted by Gasteiger charge is -2.19. The average molecular weight is 350 g/mol. The van der Waals surface area contributed by atoms with Crippen LogP contribution in [0.15, 0.2) is 24.3 Å². The summed E-state index contributed by atoms with van der Waals surface area (Å²) in [7, 11) is 0. The summed E-state index contributed by atoms with van der Waals surface area (Å²) in [6.45, 7) is 10.2. The molecule has 6 heteroatoms. The summed E-state index contributed by atoms with van der Waals surface area (Å²) in [6.07, 6.45) is 1.16. The van der Waals surface area contributed by atoms with Crippen LogP contribution in [0.3, 0.4) is 0 Å². The number of carbonyl (C=O) groups is 2. The van der Waals surface area contributed by atoms with Crippen LogP contribution in [0.1, 0.15) is 47.5 Å². The van der Waals surface area contributed by atoms with Gasteiger partial charge in [-0.2, -0.15) is 0 Å². The third-order valence-electron chi connectivity index (χ3n) is 3.51. The highest BCUT2D eigenvalue weighted by atomic mass is 16.6. The molecule has 140 valence electrons. The summed E-state index contributed by atoms with van der Waals surface area (Å²) in [4.78, 5) is 23.7. The number of hydrogen-bond acceptors (Lipinski definition) is 4. The van der Waals surface area contributed by atoms with Gasteiger partial charge in [0.2, 0.25) is 5.91 Å². The summed E-state index contributed by atoms with van der Waals surface area (Å²) in [6, 6.07) is 7.05. The maximum absolute atomic E-state index is 11.9. The molecule has 6 nitrogen and oxygen atoms in total. The summed E-state index contributed by atoms with van der Waals surface area (Å²) in [5.74, 6) is 0.737. The zero-order valence-corrected chi connectivity index (χ0v) is 15.8. The van der Waals surface area contributed by atoms with E-state index in [1.807, 2.05) is 34.6 Å². The molecule has 0 fully saturated rings. The van der Waals surface area contributed by atoms with Gasteiger partial charge in [0.1, 0.15) is 18.0 Å². The van der Waals surface area contributed by atoms with Gasteiger partial charge in [0.25, 0.3) is 0 Å². The van der Waals surface area contributed by atoms with Crippen LogP contribution in [0, 0.1) is 5.92 Å². The molecule has 25 heavy (non-hydrogen) atoms. The second-order valence-corrected chi connectivity index (χ2v) is 6.81. The highest BCUT2D eigenvalue weighted by Crippen LogP contribution is 2.18. The van der Waals surface area contributed by atoms with E-state index in [1.165, 1.54) is 0 Å². The molecule has 1 aromatic carbocycles. The van der Waals surface area contributed by atoms with Gasteiger partial charge in [0, 0.05) is 17.7 Å². The molecule has 0 unspecified atom stereocenters. The van der Waals surface area contributed by atoms with Crippen molar-refractivity contribution >= 4 is 17.7 Å². The third-order valence-corrected chi connectivity index (χ3v) is 3.51. The molecule has 0 saturated carbocycles. The smallest absolute Gasteiger partial charge is 0.412 e. The number of hydrogen-bond donors (Lipinski definition) is 2. The van der Waals surface area contributed by atoms with E-state index in [4.69, 9.17) is 9.47 Å². The Morgan fingerprint density at radius 2 is 1.84 bits per heavy atom. The predicted octanol–water partition coefficient (Wildman–Crippen LogP) is 3.96. The fourth-order valence-electron chi connectivity index (χ4n) is 2.23. The van der Waals surface area contributed by atoms with Gasteiger partial charge in [-0.25, -0.2) is 4.79 Å². The molecule has 2 amide bonds. The standard InChI is InChI=1S/C19H30N2O4/c1-6-14(7-2)17(22)20-11-12-24-16-10-8-9-15(13-16)21-18(23)25-19(3,4)5/h8-10,13-14H,6-7,11-12H2,1-5H3,(H,20,22)(H,21,23). The Morgan fingerprint density at radius 1 is 1.16 bits per heavy atom. The molecule has 0 radical (unpaired) electrons. The number of amides is 2. The Morgan fingerprint density at radius 3 is 2.44 bits per heavy atom. The van der Waals surface area contributed by atoms with Gasteiger partial charge < -0.3 is 14.8 Å². The summed E-state index contributed by atoms with van der Waals surface area (Å²) in [5.41, 5.74) is 0.0402. The monoisotopic (exact) mass is 350 g/mol. The zero-order chi connectivity index (χ0) is 18.9. The van der Waals surface area contributed by atoms with E-state index >= 15 is 0 Å². The first-order valence-corrected chi connectivity index (χ1v) is 8.75. The molecule has 0 atom stereocenters. The van der Waals surface area contributed by atoms with Crippen molar-refractivity contribution < 1.29 is 19.1 Å². The Balaban J connectivity index is 2.43. The van der Waals surface area contributed by atoms with Crippen molar-refractivity contribution in [1.82, 2.24) is 5.32 Å². The van der Waals surface area contributed by atoms with E-state index in [0.29, 0.717) is 24.6 Å². The van der Waals surface area contributed by atoms with Gasteiger partial charge >= 0.3 is 6.09 Å². The van der Waals surface area contributed by atoms with Crippen molar-refractivity contribution in [2.45, 2.75) is 53.1 Å². The maximum atomic E-state index is 11.9. The molecular weight excluding hydrogens is 320 g/mol. The molecule has 0 heterocycles. The molecule has 0 aliphatic rings. The number of anilines is 1. The largest absolute Gasteiger partial charge is 0.492 e. The molecule has 1 rings (SSSR count). The second-order valence-electron chi connectivity index (χ2n) is 6.81. The van der Waals surface area contributed by atoms with E-state index in [0.717, 1.165) is 12.8 Å².